The fourth-order valence-electron chi connectivity index (χ4n) is 2.43. The molecule has 1 atom stereocenters. The predicted molar refractivity (Wildman–Crippen MR) is 86.9 cm³/mol. The summed E-state index contributed by atoms with van der Waals surface area (Å²) in [5.74, 6) is 0. The standard InChI is InChI=1S/C17H13Cl2NO/c18-12-5-6-15(19)11(9-12)10-17(21)14-7-8-20-16-4-2-1-3-13(14)16/h1-9,17,21H,10H2. The van der Waals surface area contributed by atoms with Crippen LogP contribution in [0.25, 0.3) is 10.9 Å². The van der Waals surface area contributed by atoms with Crippen molar-refractivity contribution in [3.63, 3.8) is 0 Å². The van der Waals surface area contributed by atoms with E-state index < -0.39 is 6.10 Å². The lowest BCUT2D eigenvalue weighted by atomic mass is 9.98. The largest absolute Gasteiger partial charge is 0.388 e. The van der Waals surface area contributed by atoms with Gasteiger partial charge in [0.15, 0.2) is 0 Å². The number of aliphatic hydroxyl groups excluding tert-OH is 1. The van der Waals surface area contributed by atoms with Crippen LogP contribution in [0.1, 0.15) is 17.2 Å². The highest BCUT2D eigenvalue weighted by Crippen LogP contribution is 2.29. The molecule has 1 N–H and O–H groups in total. The van der Waals surface area contributed by atoms with Gasteiger partial charge in [-0.2, -0.15) is 0 Å². The second kappa shape index (κ2) is 6.02. The lowest BCUT2D eigenvalue weighted by molar-refractivity contribution is 0.180. The molecule has 3 rings (SSSR count). The summed E-state index contributed by atoms with van der Waals surface area (Å²) in [4.78, 5) is 4.30. The van der Waals surface area contributed by atoms with E-state index in [4.69, 9.17) is 23.2 Å². The van der Waals surface area contributed by atoms with Gasteiger partial charge in [-0.3, -0.25) is 4.98 Å². The molecular weight excluding hydrogens is 305 g/mol. The van der Waals surface area contributed by atoms with Gasteiger partial charge in [0.25, 0.3) is 0 Å². The molecule has 3 aromatic rings. The topological polar surface area (TPSA) is 33.1 Å². The number of hydrogen-bond acceptors (Lipinski definition) is 2. The number of hydrogen-bond donors (Lipinski definition) is 1. The van der Waals surface area contributed by atoms with E-state index in [-0.39, 0.29) is 0 Å². The van der Waals surface area contributed by atoms with Gasteiger partial charge in [0.1, 0.15) is 0 Å². The van der Waals surface area contributed by atoms with Crippen molar-refractivity contribution in [2.45, 2.75) is 12.5 Å². The quantitative estimate of drug-likeness (QED) is 0.751. The van der Waals surface area contributed by atoms with Gasteiger partial charge in [-0.05, 0) is 41.5 Å². The van der Waals surface area contributed by atoms with Crippen molar-refractivity contribution in [2.24, 2.45) is 0 Å². The fraction of sp³-hybridized carbons (Fsp3) is 0.118. The van der Waals surface area contributed by atoms with Crippen LogP contribution in [-0.4, -0.2) is 10.1 Å². The van der Waals surface area contributed by atoms with Crippen LogP contribution in [0.5, 0.6) is 0 Å². The maximum atomic E-state index is 10.6. The summed E-state index contributed by atoms with van der Waals surface area (Å²) in [5.41, 5.74) is 2.54. The summed E-state index contributed by atoms with van der Waals surface area (Å²) in [7, 11) is 0. The maximum absolute atomic E-state index is 10.6. The van der Waals surface area contributed by atoms with Gasteiger partial charge in [-0.15, -0.1) is 0 Å². The summed E-state index contributed by atoms with van der Waals surface area (Å²) in [6.07, 6.45) is 1.46. The van der Waals surface area contributed by atoms with E-state index in [1.54, 1.807) is 24.4 Å². The molecule has 0 radical (unpaired) electrons. The van der Waals surface area contributed by atoms with Crippen LogP contribution < -0.4 is 0 Å². The zero-order valence-corrected chi connectivity index (χ0v) is 12.6. The Bertz CT molecular complexity index is 783. The molecule has 0 aliphatic rings. The third kappa shape index (κ3) is 3.03. The molecule has 106 valence electrons. The second-order valence-corrected chi connectivity index (χ2v) is 5.72. The van der Waals surface area contributed by atoms with Crippen LogP contribution >= 0.6 is 23.2 Å². The van der Waals surface area contributed by atoms with Crippen LogP contribution in [0.15, 0.2) is 54.7 Å². The molecule has 21 heavy (non-hydrogen) atoms. The maximum Gasteiger partial charge on any atom is 0.0838 e. The van der Waals surface area contributed by atoms with Crippen LogP contribution in [0.3, 0.4) is 0 Å². The van der Waals surface area contributed by atoms with E-state index in [1.165, 1.54) is 0 Å². The van der Waals surface area contributed by atoms with Gasteiger partial charge in [-0.1, -0.05) is 41.4 Å². The summed E-state index contributed by atoms with van der Waals surface area (Å²) < 4.78 is 0. The molecule has 0 spiro atoms. The monoisotopic (exact) mass is 317 g/mol. The number of rotatable bonds is 3. The molecule has 2 aromatic carbocycles. The third-order valence-corrected chi connectivity index (χ3v) is 4.07. The molecule has 0 aliphatic heterocycles. The van der Waals surface area contributed by atoms with Crippen molar-refractivity contribution in [1.29, 1.82) is 0 Å². The molecule has 0 saturated carbocycles. The van der Waals surface area contributed by atoms with E-state index >= 15 is 0 Å². The Hall–Kier alpha value is -1.61. The van der Waals surface area contributed by atoms with Crippen molar-refractivity contribution in [3.05, 3.63) is 75.9 Å². The van der Waals surface area contributed by atoms with Crippen molar-refractivity contribution < 1.29 is 5.11 Å². The van der Waals surface area contributed by atoms with Crippen LogP contribution in [0.4, 0.5) is 0 Å². The van der Waals surface area contributed by atoms with Gasteiger partial charge in [0.05, 0.1) is 11.6 Å². The normalized spacial score (nSPS) is 12.5. The summed E-state index contributed by atoms with van der Waals surface area (Å²) >= 11 is 12.2. The minimum absolute atomic E-state index is 0.410. The average molecular weight is 318 g/mol. The Labute approximate surface area is 133 Å². The number of pyridine rings is 1. The highest BCUT2D eigenvalue weighted by atomic mass is 35.5. The number of aliphatic hydroxyl groups is 1. The van der Waals surface area contributed by atoms with Crippen LogP contribution in [0.2, 0.25) is 10.0 Å². The molecule has 1 heterocycles. The SMILES string of the molecule is OC(Cc1cc(Cl)ccc1Cl)c1ccnc2ccccc12. The van der Waals surface area contributed by atoms with E-state index in [0.717, 1.165) is 22.0 Å². The molecule has 0 saturated heterocycles. The highest BCUT2D eigenvalue weighted by Gasteiger charge is 2.14. The zero-order chi connectivity index (χ0) is 14.8. The predicted octanol–water partition coefficient (Wildman–Crippen LogP) is 4.82. The number of aromatic nitrogens is 1. The number of nitrogens with zero attached hydrogens (tertiary/aromatic N) is 1. The number of para-hydroxylation sites is 1. The first-order chi connectivity index (χ1) is 10.1. The lowest BCUT2D eigenvalue weighted by Gasteiger charge is -2.14. The van der Waals surface area contributed by atoms with Gasteiger partial charge >= 0.3 is 0 Å². The van der Waals surface area contributed by atoms with Crippen molar-refractivity contribution >= 4 is 34.1 Å². The highest BCUT2D eigenvalue weighted by molar-refractivity contribution is 6.33. The van der Waals surface area contributed by atoms with E-state index in [2.05, 4.69) is 4.98 Å². The van der Waals surface area contributed by atoms with Crippen molar-refractivity contribution in [2.75, 3.05) is 0 Å². The van der Waals surface area contributed by atoms with Crippen molar-refractivity contribution in [3.8, 4) is 0 Å². The van der Waals surface area contributed by atoms with E-state index in [0.29, 0.717) is 16.5 Å². The van der Waals surface area contributed by atoms with Crippen LogP contribution in [0, 0.1) is 0 Å². The smallest absolute Gasteiger partial charge is 0.0838 e. The Morgan fingerprint density at radius 1 is 1.05 bits per heavy atom. The summed E-state index contributed by atoms with van der Waals surface area (Å²) in [6.45, 7) is 0. The molecule has 0 aliphatic carbocycles. The first kappa shape index (κ1) is 14.3. The summed E-state index contributed by atoms with van der Waals surface area (Å²) in [6, 6.07) is 14.9. The van der Waals surface area contributed by atoms with E-state index in [1.807, 2.05) is 30.3 Å². The minimum atomic E-state index is -0.658. The Morgan fingerprint density at radius 2 is 1.86 bits per heavy atom. The molecule has 4 heteroatoms. The molecule has 0 bridgehead atoms. The van der Waals surface area contributed by atoms with Gasteiger partial charge in [-0.25, -0.2) is 0 Å². The van der Waals surface area contributed by atoms with Gasteiger partial charge < -0.3 is 5.11 Å². The Kier molecular flexibility index (Phi) is 4.11. The molecule has 0 amide bonds. The van der Waals surface area contributed by atoms with Gasteiger partial charge in [0, 0.05) is 28.0 Å². The third-order valence-electron chi connectivity index (χ3n) is 3.46. The lowest BCUT2D eigenvalue weighted by Crippen LogP contribution is -2.03. The fourth-order valence-corrected chi connectivity index (χ4v) is 2.82. The Balaban J connectivity index is 1.97. The first-order valence-corrected chi connectivity index (χ1v) is 7.36. The molecule has 1 aromatic heterocycles. The second-order valence-electron chi connectivity index (χ2n) is 4.87. The molecule has 1 unspecified atom stereocenters. The number of benzene rings is 2. The van der Waals surface area contributed by atoms with Crippen LogP contribution in [-0.2, 0) is 6.42 Å². The number of halogens is 2. The first-order valence-electron chi connectivity index (χ1n) is 6.61. The molecule has 2 nitrogen and oxygen atoms in total. The Morgan fingerprint density at radius 3 is 2.71 bits per heavy atom. The van der Waals surface area contributed by atoms with Gasteiger partial charge in [0.2, 0.25) is 0 Å². The average Bonchev–Trinajstić information content (AvgIpc) is 2.50. The molecular formula is C17H13Cl2NO. The van der Waals surface area contributed by atoms with E-state index in [9.17, 15) is 5.11 Å². The summed E-state index contributed by atoms with van der Waals surface area (Å²) in [5, 5.41) is 12.7. The zero-order valence-electron chi connectivity index (χ0n) is 11.1. The minimum Gasteiger partial charge on any atom is -0.388 e. The number of fused-ring (bicyclic) bond motifs is 1. The molecule has 0 fully saturated rings. The van der Waals surface area contributed by atoms with Crippen molar-refractivity contribution in [1.82, 2.24) is 4.98 Å².